The van der Waals surface area contributed by atoms with Crippen molar-refractivity contribution < 1.29 is 63.0 Å². The first-order valence-corrected chi connectivity index (χ1v) is 28.9. The van der Waals surface area contributed by atoms with E-state index in [4.69, 9.17) is 28.7 Å². The van der Waals surface area contributed by atoms with Gasteiger partial charge >= 0.3 is 0 Å². The molecule has 29 heteroatoms. The highest BCUT2D eigenvalue weighted by atomic mass is 16.3. The highest BCUT2D eigenvalue weighted by Gasteiger charge is 2.38. The molecule has 0 aromatic rings. The third kappa shape index (κ3) is 26.4. The molecule has 1 heterocycles. The van der Waals surface area contributed by atoms with Gasteiger partial charge < -0.3 is 97.4 Å². The van der Waals surface area contributed by atoms with Crippen LogP contribution in [0.4, 0.5) is 0 Å². The molecule has 1 saturated heterocycles. The van der Waals surface area contributed by atoms with Crippen molar-refractivity contribution in [2.24, 2.45) is 46.4 Å². The van der Waals surface area contributed by atoms with Crippen LogP contribution in [-0.2, 0) is 52.7 Å². The first kappa shape index (κ1) is 73.9. The molecule has 82 heavy (non-hydrogen) atoms. The summed E-state index contributed by atoms with van der Waals surface area (Å²) in [5, 5.41) is 49.6. The van der Waals surface area contributed by atoms with Gasteiger partial charge in [0.1, 0.15) is 60.4 Å². The van der Waals surface area contributed by atoms with E-state index in [-0.39, 0.29) is 83.6 Å². The quantitative estimate of drug-likeness (QED) is 0.0311. The SMILES string of the molecule is CCC(C)CCCCC(=O)N[C@@H](CCN)C(=O)N[C@H](C(=O)N[C@@H](CCN)C(=O)N[C@H]1CCNC(=O)[C@H]([C@@H](C)O)NC(=O)[C@H](CCN)NC(=O)[C@H](CCN)NC(=O)[C@H](CC(C)C)NC(=O)[C@@H]([C@@H](C)CC)NC(=O)[C@H](CCN)NC1=O)[C@@H](C)O. The van der Waals surface area contributed by atoms with Crippen LogP contribution in [-0.4, -0.2) is 187 Å². The number of aliphatic hydroxyl groups is 2. The Morgan fingerprint density at radius 3 is 1.50 bits per heavy atom. The van der Waals surface area contributed by atoms with Crippen LogP contribution in [0.5, 0.6) is 0 Å². The van der Waals surface area contributed by atoms with Gasteiger partial charge in [-0.15, -0.1) is 0 Å². The molecule has 0 bridgehead atoms. The maximum atomic E-state index is 14.4. The van der Waals surface area contributed by atoms with Gasteiger partial charge in [0.05, 0.1) is 12.2 Å². The lowest BCUT2D eigenvalue weighted by atomic mass is 9.96. The summed E-state index contributed by atoms with van der Waals surface area (Å²) < 4.78 is 0. The van der Waals surface area contributed by atoms with Crippen LogP contribution in [0.3, 0.4) is 0 Å². The number of amides is 11. The van der Waals surface area contributed by atoms with E-state index in [1.54, 1.807) is 27.7 Å². The van der Waals surface area contributed by atoms with Crippen molar-refractivity contribution in [2.75, 3.05) is 39.3 Å². The Hall–Kier alpha value is -6.11. The average Bonchev–Trinajstić information content (AvgIpc) is 3.41. The Bertz CT molecular complexity index is 2070. The van der Waals surface area contributed by atoms with Crippen molar-refractivity contribution in [1.82, 2.24) is 58.5 Å². The number of nitrogens with two attached hydrogens (primary N) is 5. The highest BCUT2D eigenvalue weighted by molar-refractivity contribution is 5.99. The summed E-state index contributed by atoms with van der Waals surface area (Å²) >= 11 is 0. The van der Waals surface area contributed by atoms with Crippen LogP contribution in [0, 0.1) is 17.8 Å². The number of carbonyl (C=O) groups excluding carboxylic acids is 11. The lowest BCUT2D eigenvalue weighted by molar-refractivity contribution is -0.137. The van der Waals surface area contributed by atoms with Gasteiger partial charge in [-0.25, -0.2) is 0 Å². The molecule has 470 valence electrons. The molecule has 0 aromatic heterocycles. The van der Waals surface area contributed by atoms with Gasteiger partial charge in [0.25, 0.3) is 0 Å². The zero-order valence-electron chi connectivity index (χ0n) is 49.4. The maximum Gasteiger partial charge on any atom is 0.245 e. The maximum absolute atomic E-state index is 14.4. The predicted molar refractivity (Wildman–Crippen MR) is 305 cm³/mol. The average molecular weight is 1170 g/mol. The largest absolute Gasteiger partial charge is 0.391 e. The minimum absolute atomic E-state index is 0.0131. The molecule has 1 rings (SSSR count). The molecule has 0 radical (unpaired) electrons. The summed E-state index contributed by atoms with van der Waals surface area (Å²) in [6.07, 6.45) is -0.466. The van der Waals surface area contributed by atoms with Gasteiger partial charge in [-0.1, -0.05) is 67.2 Å². The number of hydrogen-bond donors (Lipinski definition) is 18. The van der Waals surface area contributed by atoms with Crippen LogP contribution >= 0.6 is 0 Å². The van der Waals surface area contributed by atoms with E-state index in [0.717, 1.165) is 19.3 Å². The lowest BCUT2D eigenvalue weighted by Gasteiger charge is -2.30. The summed E-state index contributed by atoms with van der Waals surface area (Å²) in [5.41, 5.74) is 29.2. The van der Waals surface area contributed by atoms with Crippen molar-refractivity contribution in [3.05, 3.63) is 0 Å². The second kappa shape index (κ2) is 39.4. The predicted octanol–water partition coefficient (Wildman–Crippen LogP) is -5.44. The molecule has 0 aliphatic carbocycles. The fourth-order valence-corrected chi connectivity index (χ4v) is 8.73. The first-order valence-electron chi connectivity index (χ1n) is 28.9. The number of unbranched alkanes of at least 4 members (excludes halogenated alkanes) is 1. The minimum Gasteiger partial charge on any atom is -0.391 e. The Morgan fingerprint density at radius 1 is 0.537 bits per heavy atom. The minimum atomic E-state index is -1.69. The van der Waals surface area contributed by atoms with Gasteiger partial charge in [0, 0.05) is 13.0 Å². The van der Waals surface area contributed by atoms with E-state index >= 15 is 0 Å². The fraction of sp³-hybridized carbons (Fsp3) is 0.792. The van der Waals surface area contributed by atoms with Crippen molar-refractivity contribution >= 4 is 65.0 Å². The van der Waals surface area contributed by atoms with Crippen LogP contribution < -0.4 is 87.2 Å². The second-order valence-corrected chi connectivity index (χ2v) is 21.7. The normalized spacial score (nSPS) is 23.8. The van der Waals surface area contributed by atoms with Crippen molar-refractivity contribution in [2.45, 2.75) is 211 Å². The third-order valence-electron chi connectivity index (χ3n) is 14.1. The molecular weight excluding hydrogens is 1070 g/mol. The van der Waals surface area contributed by atoms with Crippen molar-refractivity contribution in [1.29, 1.82) is 0 Å². The number of hydrogen-bond acceptors (Lipinski definition) is 18. The van der Waals surface area contributed by atoms with E-state index in [2.05, 4.69) is 72.3 Å². The second-order valence-electron chi connectivity index (χ2n) is 21.7. The standard InChI is InChI=1S/C53H100N16O13/c1-9-29(5)13-11-12-14-40(72)60-33(15-21-54)47(76)69-43(32(8)71)53(82)65-35(17-23-56)45(74)64-38-20-26-59-51(80)42(31(7)70)68-49(78)37(19-25-58)61-44(73)34(16-22-55)63-50(79)39(27-28(3)4)66-52(81)41(30(6)10-2)67-48(77)36(18-24-57)62-46(38)75/h28-39,41-43,70-71H,9-27,54-58H2,1-8H3,(H,59,80)(H,60,72)(H,61,73)(H,62,75)(H,63,79)(H,64,74)(H,65,82)(H,66,81)(H,67,77)(H,68,78)(H,69,76)/t29?,30-,31+,32+,33-,34-,35-,36-,37-,38-,39-,41+,42-,43-/m0/s1. The smallest absolute Gasteiger partial charge is 0.245 e. The van der Waals surface area contributed by atoms with Crippen LogP contribution in [0.25, 0.3) is 0 Å². The van der Waals surface area contributed by atoms with Crippen LogP contribution in [0.1, 0.15) is 139 Å². The highest BCUT2D eigenvalue weighted by Crippen LogP contribution is 2.15. The zero-order chi connectivity index (χ0) is 62.2. The first-order chi connectivity index (χ1) is 38.7. The van der Waals surface area contributed by atoms with Crippen molar-refractivity contribution in [3.8, 4) is 0 Å². The summed E-state index contributed by atoms with van der Waals surface area (Å²) in [6.45, 7) is 12.5. The van der Waals surface area contributed by atoms with E-state index in [1.165, 1.54) is 13.8 Å². The van der Waals surface area contributed by atoms with Crippen molar-refractivity contribution in [3.63, 3.8) is 0 Å². The molecule has 1 fully saturated rings. The molecule has 11 amide bonds. The molecule has 0 spiro atoms. The number of carbonyl (C=O) groups is 11. The number of rotatable bonds is 29. The monoisotopic (exact) mass is 1170 g/mol. The molecule has 0 aromatic carbocycles. The molecule has 29 nitrogen and oxygen atoms in total. The Labute approximate surface area is 482 Å². The molecule has 1 aliphatic heterocycles. The Kier molecular flexibility index (Phi) is 35.5. The van der Waals surface area contributed by atoms with E-state index < -0.39 is 156 Å². The number of nitrogens with one attached hydrogen (secondary N) is 11. The Balaban J connectivity index is 3.82. The van der Waals surface area contributed by atoms with Gasteiger partial charge in [-0.2, -0.15) is 0 Å². The van der Waals surface area contributed by atoms with E-state index in [1.807, 2.05) is 0 Å². The topological polar surface area (TPSA) is 491 Å². The van der Waals surface area contributed by atoms with Gasteiger partial charge in [0.2, 0.25) is 65.0 Å². The molecular formula is C53H100N16O13. The van der Waals surface area contributed by atoms with Gasteiger partial charge in [-0.05, 0) is 116 Å². The third-order valence-corrected chi connectivity index (χ3v) is 14.1. The molecule has 14 atom stereocenters. The fourth-order valence-electron chi connectivity index (χ4n) is 8.73. The Morgan fingerprint density at radius 2 is 1.02 bits per heavy atom. The molecule has 0 saturated carbocycles. The summed E-state index contributed by atoms with van der Waals surface area (Å²) in [4.78, 5) is 153. The zero-order valence-corrected chi connectivity index (χ0v) is 49.4. The van der Waals surface area contributed by atoms with Crippen LogP contribution in [0.15, 0.2) is 0 Å². The summed E-state index contributed by atoms with van der Waals surface area (Å²) in [6, 6.07) is -14.5. The summed E-state index contributed by atoms with van der Waals surface area (Å²) in [5.74, 6) is -9.84. The number of aliphatic hydroxyl groups excluding tert-OH is 2. The van der Waals surface area contributed by atoms with Crippen LogP contribution in [0.2, 0.25) is 0 Å². The summed E-state index contributed by atoms with van der Waals surface area (Å²) in [7, 11) is 0. The molecule has 23 N–H and O–H groups in total. The molecule has 1 unspecified atom stereocenters. The molecule has 1 aliphatic rings. The van der Waals surface area contributed by atoms with E-state index in [9.17, 15) is 63.0 Å². The lowest BCUT2D eigenvalue weighted by Crippen LogP contribution is -2.62. The van der Waals surface area contributed by atoms with Gasteiger partial charge in [-0.3, -0.25) is 52.7 Å². The van der Waals surface area contributed by atoms with E-state index in [0.29, 0.717) is 18.8 Å². The van der Waals surface area contributed by atoms with Gasteiger partial charge in [0.15, 0.2) is 0 Å².